The maximum absolute atomic E-state index is 0. The average Bonchev–Trinajstić information content (AvgIpc) is 0. The van der Waals surface area contributed by atoms with Gasteiger partial charge in [-0.15, -0.1) is 0 Å². The van der Waals surface area contributed by atoms with Gasteiger partial charge >= 0.3 is 0 Å². The molecule has 0 aliphatic rings. The maximum atomic E-state index is 0. The largest absolute Gasteiger partial charge is 0.412 e. The molecule has 12 radical (unpaired) electrons. The first-order valence-electron chi connectivity index (χ1n) is 0. The molecule has 0 aromatic heterocycles. The van der Waals surface area contributed by atoms with Crippen LogP contribution in [0.5, 0.6) is 0 Å². The van der Waals surface area contributed by atoms with Gasteiger partial charge in [0.05, 0.1) is 0 Å². The Hall–Kier alpha value is 2.69. The van der Waals surface area contributed by atoms with Crippen molar-refractivity contribution < 1.29 is 70.0 Å². The van der Waals surface area contributed by atoms with Crippen molar-refractivity contribution in [3.8, 4) is 0 Å². The Bertz CT molecular complexity index is 16.1. The third kappa shape index (κ3) is 326. The summed E-state index contributed by atoms with van der Waals surface area (Å²) in [5.74, 6) is 0. The van der Waals surface area contributed by atoms with E-state index in [2.05, 4.69) is 0 Å². The molecule has 0 bridgehead atoms. The van der Waals surface area contributed by atoms with Crippen molar-refractivity contribution in [3.63, 3.8) is 0 Å². The van der Waals surface area contributed by atoms with E-state index in [-0.39, 0.29) is 139 Å². The Morgan fingerprint density at radius 1 is 0.231 bits per heavy atom. The van der Waals surface area contributed by atoms with Crippen LogP contribution in [-0.4, -0.2) is 113 Å². The van der Waals surface area contributed by atoms with Gasteiger partial charge in [-0.1, -0.05) is 0 Å². The average molecular weight is 343 g/mol. The van der Waals surface area contributed by atoms with Crippen molar-refractivity contribution in [2.24, 2.45) is 0 Å². The third-order valence-corrected chi connectivity index (χ3v) is 0. The second-order valence-electron chi connectivity index (χ2n) is 0. The molecular weight excluding hydrogens is 327 g/mol. The second kappa shape index (κ2) is 380. The normalized spacial score (nSPS) is 0. The molecule has 0 atom stereocenters. The van der Waals surface area contributed by atoms with Crippen LogP contribution in [0.25, 0.3) is 0 Å². The van der Waals surface area contributed by atoms with E-state index in [1.165, 1.54) is 0 Å². The summed E-state index contributed by atoms with van der Waals surface area (Å²) in [6, 6.07) is 0. The zero-order valence-electron chi connectivity index (χ0n) is 6.81. The number of hydrogen-bond donors (Lipinski definition) is 0. The van der Waals surface area contributed by atoms with Crippen LogP contribution in [0.15, 0.2) is 0 Å². The molecule has 0 amide bonds. The molecular formula is H16Al4O8Zr. The van der Waals surface area contributed by atoms with Crippen LogP contribution in [0, 0.1) is 0 Å². The molecule has 0 saturated carbocycles. The van der Waals surface area contributed by atoms with Crippen LogP contribution >= 0.6 is 0 Å². The SMILES string of the molecule is O.O.O.O.O.O.O.O.[Al].[Al].[Al].[Al].[Zr]. The first-order chi connectivity index (χ1) is 0. The molecule has 0 spiro atoms. The summed E-state index contributed by atoms with van der Waals surface area (Å²) in [7, 11) is 0. The molecule has 0 aliphatic heterocycles. The van der Waals surface area contributed by atoms with E-state index in [1.54, 1.807) is 0 Å². The van der Waals surface area contributed by atoms with E-state index in [4.69, 9.17) is 0 Å². The molecule has 16 N–H and O–H groups in total. The Balaban J connectivity index is 0. The Morgan fingerprint density at radius 2 is 0.231 bits per heavy atom. The van der Waals surface area contributed by atoms with Crippen molar-refractivity contribution >= 4 is 69.4 Å². The van der Waals surface area contributed by atoms with Gasteiger partial charge < -0.3 is 43.8 Å². The maximum Gasteiger partial charge on any atom is 0 e. The van der Waals surface area contributed by atoms with Crippen molar-refractivity contribution in [3.05, 3.63) is 0 Å². The van der Waals surface area contributed by atoms with Crippen molar-refractivity contribution in [1.29, 1.82) is 0 Å². The fourth-order valence-electron chi connectivity index (χ4n) is 0. The molecule has 0 fully saturated rings. The van der Waals surface area contributed by atoms with Crippen molar-refractivity contribution in [2.45, 2.75) is 0 Å². The van der Waals surface area contributed by atoms with Gasteiger partial charge in [0.2, 0.25) is 0 Å². The van der Waals surface area contributed by atoms with Crippen molar-refractivity contribution in [1.82, 2.24) is 0 Å². The molecule has 13 heteroatoms. The molecule has 0 aromatic rings. The summed E-state index contributed by atoms with van der Waals surface area (Å²) >= 11 is 0. The summed E-state index contributed by atoms with van der Waals surface area (Å²) < 4.78 is 0. The zero-order valence-corrected chi connectivity index (χ0v) is 13.9. The summed E-state index contributed by atoms with van der Waals surface area (Å²) in [6.45, 7) is 0. The van der Waals surface area contributed by atoms with E-state index in [9.17, 15) is 0 Å². The number of hydrogen-bond acceptors (Lipinski definition) is 0. The molecule has 0 heterocycles. The molecule has 8 nitrogen and oxygen atoms in total. The van der Waals surface area contributed by atoms with Crippen LogP contribution in [0.2, 0.25) is 0 Å². The second-order valence-corrected chi connectivity index (χ2v) is 0. The first-order valence-corrected chi connectivity index (χ1v) is 0. The summed E-state index contributed by atoms with van der Waals surface area (Å²) in [4.78, 5) is 0. The van der Waals surface area contributed by atoms with Crippen LogP contribution in [0.1, 0.15) is 0 Å². The topological polar surface area (TPSA) is 252 Å². The predicted molar refractivity (Wildman–Crippen MR) is 51.9 cm³/mol. The predicted octanol–water partition coefficient (Wildman–Crippen LogP) is -8.12. The molecule has 0 aromatic carbocycles. The minimum atomic E-state index is 0. The molecule has 0 saturated heterocycles. The van der Waals surface area contributed by atoms with Crippen LogP contribution in [-0.2, 0) is 26.2 Å². The molecule has 0 rings (SSSR count). The smallest absolute Gasteiger partial charge is 0 e. The molecule has 0 unspecified atom stereocenters. The molecule has 80 valence electrons. The fraction of sp³-hybridized carbons (Fsp3) is 0. The number of rotatable bonds is 0. The minimum absolute atomic E-state index is 0. The van der Waals surface area contributed by atoms with Crippen LogP contribution < -0.4 is 0 Å². The molecule has 13 heavy (non-hydrogen) atoms. The monoisotopic (exact) mass is 342 g/mol. The summed E-state index contributed by atoms with van der Waals surface area (Å²) in [5, 5.41) is 0. The fourth-order valence-corrected chi connectivity index (χ4v) is 0. The van der Waals surface area contributed by atoms with Gasteiger partial charge in [-0.25, -0.2) is 0 Å². The van der Waals surface area contributed by atoms with E-state index in [0.29, 0.717) is 0 Å². The van der Waals surface area contributed by atoms with Crippen LogP contribution in [0.4, 0.5) is 0 Å². The van der Waals surface area contributed by atoms with E-state index in [0.717, 1.165) is 0 Å². The third-order valence-electron chi connectivity index (χ3n) is 0. The standard InChI is InChI=1S/4Al.8H2O.Zr/h;;;;8*1H2;. The first kappa shape index (κ1) is 467. The van der Waals surface area contributed by atoms with E-state index >= 15 is 0 Å². The molecule has 0 aliphatic carbocycles. The quantitative estimate of drug-likeness (QED) is 0.371. The Kier molecular flexibility index (Phi) is 13700. The Labute approximate surface area is 138 Å². The minimum Gasteiger partial charge on any atom is -0.412 e. The van der Waals surface area contributed by atoms with Gasteiger partial charge in [-0.05, 0) is 0 Å². The van der Waals surface area contributed by atoms with Gasteiger partial charge in [0, 0.05) is 95.6 Å². The summed E-state index contributed by atoms with van der Waals surface area (Å²) in [5.41, 5.74) is 0. The van der Waals surface area contributed by atoms with Crippen LogP contribution in [0.3, 0.4) is 0 Å². The van der Waals surface area contributed by atoms with Gasteiger partial charge in [0.1, 0.15) is 0 Å². The van der Waals surface area contributed by atoms with Gasteiger partial charge in [-0.3, -0.25) is 0 Å². The zero-order chi connectivity index (χ0) is 0. The van der Waals surface area contributed by atoms with Crippen molar-refractivity contribution in [2.75, 3.05) is 0 Å². The van der Waals surface area contributed by atoms with Gasteiger partial charge in [-0.2, -0.15) is 0 Å². The summed E-state index contributed by atoms with van der Waals surface area (Å²) in [6.07, 6.45) is 0. The van der Waals surface area contributed by atoms with Gasteiger partial charge in [0.25, 0.3) is 0 Å². The van der Waals surface area contributed by atoms with E-state index in [1.807, 2.05) is 0 Å². The van der Waals surface area contributed by atoms with E-state index < -0.39 is 0 Å². The van der Waals surface area contributed by atoms with Gasteiger partial charge in [0.15, 0.2) is 0 Å². The Morgan fingerprint density at radius 3 is 0.231 bits per heavy atom.